The van der Waals surface area contributed by atoms with Gasteiger partial charge in [0, 0.05) is 6.08 Å². The van der Waals surface area contributed by atoms with Gasteiger partial charge in [-0.25, -0.2) is 9.59 Å². The summed E-state index contributed by atoms with van der Waals surface area (Å²) in [6.07, 6.45) is 8.13. The van der Waals surface area contributed by atoms with Crippen LogP contribution < -0.4 is 0 Å². The summed E-state index contributed by atoms with van der Waals surface area (Å²) in [7, 11) is 0. The van der Waals surface area contributed by atoms with Crippen LogP contribution in [0.4, 0.5) is 0 Å². The first-order chi connectivity index (χ1) is 7.72. The van der Waals surface area contributed by atoms with E-state index in [0.29, 0.717) is 0 Å². The Morgan fingerprint density at radius 1 is 1.25 bits per heavy atom. The third kappa shape index (κ3) is 4.96. The minimum Gasteiger partial charge on any atom is -0.460 e. The van der Waals surface area contributed by atoms with Crippen molar-refractivity contribution in [3.8, 4) is 0 Å². The molecule has 0 bridgehead atoms. The number of hydrogen-bond acceptors (Lipinski definition) is 4. The summed E-state index contributed by atoms with van der Waals surface area (Å²) in [5.74, 6) is -0.965. The second-order valence-corrected chi connectivity index (χ2v) is 3.86. The van der Waals surface area contributed by atoms with Gasteiger partial charge in [-0.2, -0.15) is 0 Å². The minimum absolute atomic E-state index is 0.0154. The van der Waals surface area contributed by atoms with E-state index in [0.717, 1.165) is 25.7 Å². The molecule has 0 saturated heterocycles. The zero-order valence-corrected chi connectivity index (χ0v) is 9.61. The molecule has 1 aliphatic carbocycles. The molecule has 0 unspecified atom stereocenters. The second-order valence-electron chi connectivity index (χ2n) is 3.86. The summed E-state index contributed by atoms with van der Waals surface area (Å²) in [5.41, 5.74) is 0. The molecule has 1 rings (SSSR count). The highest BCUT2D eigenvalue weighted by Crippen LogP contribution is 2.20. The molecular formula is C12H18O4. The van der Waals surface area contributed by atoms with Gasteiger partial charge in [0.1, 0.15) is 6.10 Å². The fraction of sp³-hybridized carbons (Fsp3) is 0.667. The van der Waals surface area contributed by atoms with Crippen LogP contribution in [0.25, 0.3) is 0 Å². The lowest BCUT2D eigenvalue weighted by Gasteiger charge is -2.21. The Morgan fingerprint density at radius 2 is 1.94 bits per heavy atom. The van der Waals surface area contributed by atoms with Gasteiger partial charge >= 0.3 is 11.9 Å². The predicted octanol–water partition coefficient (Wildman–Crippen LogP) is 1.98. The monoisotopic (exact) mass is 226 g/mol. The SMILES string of the molecule is C/C=C/C(=O)OCC(=O)OC1CCCCC1. The molecule has 0 aromatic carbocycles. The second kappa shape index (κ2) is 7.04. The highest BCUT2D eigenvalue weighted by molar-refractivity contribution is 5.84. The molecule has 0 aliphatic heterocycles. The van der Waals surface area contributed by atoms with E-state index >= 15 is 0 Å². The van der Waals surface area contributed by atoms with Gasteiger partial charge in [0.25, 0.3) is 0 Å². The van der Waals surface area contributed by atoms with Crippen molar-refractivity contribution in [3.63, 3.8) is 0 Å². The molecule has 0 aromatic heterocycles. The van der Waals surface area contributed by atoms with Crippen LogP contribution in [0.1, 0.15) is 39.0 Å². The first kappa shape index (κ1) is 12.7. The molecule has 1 saturated carbocycles. The van der Waals surface area contributed by atoms with Crippen LogP contribution in [0.2, 0.25) is 0 Å². The maximum absolute atomic E-state index is 11.3. The molecule has 0 radical (unpaired) electrons. The largest absolute Gasteiger partial charge is 0.460 e. The molecule has 0 amide bonds. The molecule has 4 nitrogen and oxygen atoms in total. The molecule has 16 heavy (non-hydrogen) atoms. The van der Waals surface area contributed by atoms with Crippen molar-refractivity contribution in [2.24, 2.45) is 0 Å². The number of carbonyl (C=O) groups is 2. The standard InChI is InChI=1S/C12H18O4/c1-2-6-11(13)15-9-12(14)16-10-7-4-3-5-8-10/h2,6,10H,3-5,7-9H2,1H3/b6-2+. The zero-order valence-electron chi connectivity index (χ0n) is 9.61. The van der Waals surface area contributed by atoms with E-state index in [1.54, 1.807) is 13.0 Å². The van der Waals surface area contributed by atoms with Gasteiger partial charge in [0.2, 0.25) is 0 Å². The maximum Gasteiger partial charge on any atom is 0.344 e. The molecular weight excluding hydrogens is 208 g/mol. The molecule has 4 heteroatoms. The number of allylic oxidation sites excluding steroid dienone is 1. The van der Waals surface area contributed by atoms with E-state index in [2.05, 4.69) is 4.74 Å². The lowest BCUT2D eigenvalue weighted by Crippen LogP contribution is -2.24. The normalized spacial score (nSPS) is 17.3. The third-order valence-corrected chi connectivity index (χ3v) is 2.49. The lowest BCUT2D eigenvalue weighted by atomic mass is 9.98. The Kier molecular flexibility index (Phi) is 5.61. The first-order valence-electron chi connectivity index (χ1n) is 5.71. The van der Waals surface area contributed by atoms with Gasteiger partial charge in [0.05, 0.1) is 0 Å². The molecule has 0 N–H and O–H groups in total. The van der Waals surface area contributed by atoms with Crippen LogP contribution in [-0.4, -0.2) is 24.6 Å². The van der Waals surface area contributed by atoms with Crippen molar-refractivity contribution in [3.05, 3.63) is 12.2 Å². The van der Waals surface area contributed by atoms with Crippen molar-refractivity contribution < 1.29 is 19.1 Å². The molecule has 1 fully saturated rings. The van der Waals surface area contributed by atoms with E-state index < -0.39 is 11.9 Å². The van der Waals surface area contributed by atoms with E-state index in [1.165, 1.54) is 12.5 Å². The first-order valence-corrected chi connectivity index (χ1v) is 5.71. The lowest BCUT2D eigenvalue weighted by molar-refractivity contribution is -0.161. The van der Waals surface area contributed by atoms with Crippen molar-refractivity contribution in [2.45, 2.75) is 45.1 Å². The Bertz CT molecular complexity index is 264. The van der Waals surface area contributed by atoms with Gasteiger partial charge in [-0.3, -0.25) is 0 Å². The Balaban J connectivity index is 2.17. The highest BCUT2D eigenvalue weighted by atomic mass is 16.6. The average Bonchev–Trinajstić information content (AvgIpc) is 2.28. The number of carbonyl (C=O) groups excluding carboxylic acids is 2. The number of ether oxygens (including phenoxy) is 2. The third-order valence-electron chi connectivity index (χ3n) is 2.49. The summed E-state index contributed by atoms with van der Waals surface area (Å²) < 4.78 is 9.87. The van der Waals surface area contributed by atoms with Crippen LogP contribution >= 0.6 is 0 Å². The number of hydrogen-bond donors (Lipinski definition) is 0. The summed E-state index contributed by atoms with van der Waals surface area (Å²) in [5, 5.41) is 0. The van der Waals surface area contributed by atoms with E-state index in [4.69, 9.17) is 4.74 Å². The van der Waals surface area contributed by atoms with Crippen molar-refractivity contribution >= 4 is 11.9 Å². The summed E-state index contributed by atoms with van der Waals surface area (Å²) in [6, 6.07) is 0. The minimum atomic E-state index is -0.511. The fourth-order valence-electron chi connectivity index (χ4n) is 1.72. The summed E-state index contributed by atoms with van der Waals surface area (Å²) in [4.78, 5) is 22.2. The van der Waals surface area contributed by atoms with Crippen molar-refractivity contribution in [1.29, 1.82) is 0 Å². The molecule has 1 aliphatic rings. The van der Waals surface area contributed by atoms with Crippen LogP contribution in [-0.2, 0) is 19.1 Å². The van der Waals surface area contributed by atoms with Crippen LogP contribution in [0.5, 0.6) is 0 Å². The van der Waals surface area contributed by atoms with Gasteiger partial charge < -0.3 is 9.47 Å². The topological polar surface area (TPSA) is 52.6 Å². The van der Waals surface area contributed by atoms with Crippen LogP contribution in [0, 0.1) is 0 Å². The smallest absolute Gasteiger partial charge is 0.344 e. The molecule has 90 valence electrons. The number of rotatable bonds is 4. The molecule has 0 atom stereocenters. The Labute approximate surface area is 95.6 Å². The van der Waals surface area contributed by atoms with Crippen LogP contribution in [0.3, 0.4) is 0 Å². The summed E-state index contributed by atoms with van der Waals surface area (Å²) in [6.45, 7) is 1.42. The highest BCUT2D eigenvalue weighted by Gasteiger charge is 2.18. The predicted molar refractivity (Wildman–Crippen MR) is 58.7 cm³/mol. The van der Waals surface area contributed by atoms with Crippen molar-refractivity contribution in [1.82, 2.24) is 0 Å². The molecule has 0 aromatic rings. The van der Waals surface area contributed by atoms with Gasteiger partial charge in [0.15, 0.2) is 6.61 Å². The maximum atomic E-state index is 11.3. The van der Waals surface area contributed by atoms with E-state index in [-0.39, 0.29) is 12.7 Å². The quantitative estimate of drug-likeness (QED) is 0.543. The van der Waals surface area contributed by atoms with Crippen LogP contribution in [0.15, 0.2) is 12.2 Å². The summed E-state index contributed by atoms with van der Waals surface area (Å²) >= 11 is 0. The van der Waals surface area contributed by atoms with E-state index in [9.17, 15) is 9.59 Å². The van der Waals surface area contributed by atoms with Gasteiger partial charge in [-0.1, -0.05) is 12.5 Å². The average molecular weight is 226 g/mol. The fourth-order valence-corrected chi connectivity index (χ4v) is 1.72. The van der Waals surface area contributed by atoms with Gasteiger partial charge in [-0.15, -0.1) is 0 Å². The van der Waals surface area contributed by atoms with Gasteiger partial charge in [-0.05, 0) is 32.6 Å². The molecule has 0 spiro atoms. The zero-order chi connectivity index (χ0) is 11.8. The van der Waals surface area contributed by atoms with E-state index in [1.807, 2.05) is 0 Å². The Morgan fingerprint density at radius 3 is 2.56 bits per heavy atom. The number of esters is 2. The Hall–Kier alpha value is -1.32. The molecule has 0 heterocycles. The van der Waals surface area contributed by atoms with Crippen molar-refractivity contribution in [2.75, 3.05) is 6.61 Å².